The number of rotatable bonds is 5. The molecule has 1 aliphatic heterocycles. The maximum Gasteiger partial charge on any atom is 0.239 e. The van der Waals surface area contributed by atoms with Crippen molar-refractivity contribution in [1.29, 1.82) is 0 Å². The highest BCUT2D eigenvalue weighted by Crippen LogP contribution is 2.17. The number of amides is 1. The second-order valence-corrected chi connectivity index (χ2v) is 4.90. The maximum atomic E-state index is 12.0. The van der Waals surface area contributed by atoms with Gasteiger partial charge in [0.1, 0.15) is 0 Å². The summed E-state index contributed by atoms with van der Waals surface area (Å²) in [6, 6.07) is -0.319. The summed E-state index contributed by atoms with van der Waals surface area (Å²) in [6.45, 7) is 4.68. The van der Waals surface area contributed by atoms with Crippen molar-refractivity contribution < 1.29 is 4.79 Å². The first-order valence-electron chi connectivity index (χ1n) is 6.39. The maximum absolute atomic E-state index is 12.0. The lowest BCUT2D eigenvalue weighted by atomic mass is 9.98. The molecule has 1 aliphatic rings. The molecule has 4 heteroatoms. The average molecular weight is 227 g/mol. The van der Waals surface area contributed by atoms with Gasteiger partial charge in [0.25, 0.3) is 0 Å². The Morgan fingerprint density at radius 1 is 1.38 bits per heavy atom. The van der Waals surface area contributed by atoms with Crippen LogP contribution in [-0.2, 0) is 4.79 Å². The number of piperidine rings is 1. The number of unbranched alkanes of at least 4 members (excludes halogenated alkanes) is 1. The standard InChI is InChI=1S/C12H25N3O/c1-10-5-8-15(9-6-10)12(16)11(14)4-2-3-7-13/h10-11H,2-9,13-14H2,1H3/t11-/m0/s1. The van der Waals surface area contributed by atoms with E-state index in [1.807, 2.05) is 4.90 Å². The van der Waals surface area contributed by atoms with Gasteiger partial charge >= 0.3 is 0 Å². The molecule has 4 nitrogen and oxygen atoms in total. The van der Waals surface area contributed by atoms with E-state index in [0.717, 1.165) is 51.1 Å². The number of carbonyl (C=O) groups is 1. The van der Waals surface area contributed by atoms with Gasteiger partial charge in [-0.25, -0.2) is 0 Å². The molecule has 0 aliphatic carbocycles. The Labute approximate surface area is 98.3 Å². The van der Waals surface area contributed by atoms with Gasteiger partial charge in [-0.2, -0.15) is 0 Å². The summed E-state index contributed by atoms with van der Waals surface area (Å²) in [5, 5.41) is 0. The van der Waals surface area contributed by atoms with E-state index in [4.69, 9.17) is 11.5 Å². The number of hydrogen-bond donors (Lipinski definition) is 2. The minimum absolute atomic E-state index is 0.129. The van der Waals surface area contributed by atoms with E-state index in [-0.39, 0.29) is 11.9 Å². The van der Waals surface area contributed by atoms with E-state index in [1.54, 1.807) is 0 Å². The predicted molar refractivity (Wildman–Crippen MR) is 65.9 cm³/mol. The largest absolute Gasteiger partial charge is 0.341 e. The van der Waals surface area contributed by atoms with Crippen LogP contribution in [0.3, 0.4) is 0 Å². The van der Waals surface area contributed by atoms with Crippen LogP contribution in [0.4, 0.5) is 0 Å². The monoisotopic (exact) mass is 227 g/mol. The van der Waals surface area contributed by atoms with Gasteiger partial charge in [0.15, 0.2) is 0 Å². The second kappa shape index (κ2) is 6.86. The average Bonchev–Trinajstić information content (AvgIpc) is 2.29. The van der Waals surface area contributed by atoms with Gasteiger partial charge in [0, 0.05) is 13.1 Å². The van der Waals surface area contributed by atoms with Crippen LogP contribution in [0.25, 0.3) is 0 Å². The molecule has 0 aromatic rings. The smallest absolute Gasteiger partial charge is 0.239 e. The van der Waals surface area contributed by atoms with Crippen molar-refractivity contribution in [1.82, 2.24) is 4.90 Å². The molecule has 0 bridgehead atoms. The zero-order valence-corrected chi connectivity index (χ0v) is 10.3. The molecule has 1 fully saturated rings. The predicted octanol–water partition coefficient (Wildman–Crippen LogP) is 0.701. The Balaban J connectivity index is 2.27. The molecular formula is C12H25N3O. The first-order valence-corrected chi connectivity index (χ1v) is 6.39. The molecule has 1 rings (SSSR count). The van der Waals surface area contributed by atoms with E-state index < -0.39 is 0 Å². The van der Waals surface area contributed by atoms with Crippen molar-refractivity contribution in [2.75, 3.05) is 19.6 Å². The summed E-state index contributed by atoms with van der Waals surface area (Å²) in [4.78, 5) is 13.9. The fraction of sp³-hybridized carbons (Fsp3) is 0.917. The van der Waals surface area contributed by atoms with Crippen LogP contribution in [0.5, 0.6) is 0 Å². The molecular weight excluding hydrogens is 202 g/mol. The Morgan fingerprint density at radius 3 is 2.56 bits per heavy atom. The lowest BCUT2D eigenvalue weighted by Crippen LogP contribution is -2.46. The molecule has 0 unspecified atom stereocenters. The van der Waals surface area contributed by atoms with Crippen molar-refractivity contribution in [3.05, 3.63) is 0 Å². The zero-order valence-electron chi connectivity index (χ0n) is 10.3. The number of likely N-dealkylation sites (tertiary alicyclic amines) is 1. The third kappa shape index (κ3) is 4.10. The molecule has 1 amide bonds. The van der Waals surface area contributed by atoms with Gasteiger partial charge in [0.2, 0.25) is 5.91 Å². The molecule has 1 heterocycles. The fourth-order valence-corrected chi connectivity index (χ4v) is 2.10. The lowest BCUT2D eigenvalue weighted by molar-refractivity contribution is -0.134. The van der Waals surface area contributed by atoms with Gasteiger partial charge < -0.3 is 16.4 Å². The van der Waals surface area contributed by atoms with Crippen LogP contribution < -0.4 is 11.5 Å². The minimum Gasteiger partial charge on any atom is -0.341 e. The quantitative estimate of drug-likeness (QED) is 0.679. The van der Waals surface area contributed by atoms with Crippen LogP contribution in [0, 0.1) is 5.92 Å². The first kappa shape index (κ1) is 13.5. The van der Waals surface area contributed by atoms with Crippen LogP contribution in [0.1, 0.15) is 39.0 Å². The Bertz CT molecular complexity index is 212. The zero-order chi connectivity index (χ0) is 12.0. The van der Waals surface area contributed by atoms with Crippen LogP contribution in [-0.4, -0.2) is 36.5 Å². The molecule has 0 saturated carbocycles. The van der Waals surface area contributed by atoms with E-state index in [2.05, 4.69) is 6.92 Å². The summed E-state index contributed by atoms with van der Waals surface area (Å²) in [5.74, 6) is 0.876. The molecule has 0 aromatic carbocycles. The molecule has 94 valence electrons. The highest BCUT2D eigenvalue weighted by atomic mass is 16.2. The number of hydrogen-bond acceptors (Lipinski definition) is 3. The summed E-state index contributed by atoms with van der Waals surface area (Å²) < 4.78 is 0. The number of nitrogens with zero attached hydrogens (tertiary/aromatic N) is 1. The van der Waals surface area contributed by atoms with Crippen molar-refractivity contribution in [3.63, 3.8) is 0 Å². The molecule has 1 saturated heterocycles. The highest BCUT2D eigenvalue weighted by Gasteiger charge is 2.24. The van der Waals surface area contributed by atoms with E-state index in [0.29, 0.717) is 6.54 Å². The topological polar surface area (TPSA) is 72.3 Å². The minimum atomic E-state index is -0.319. The number of nitrogens with two attached hydrogens (primary N) is 2. The van der Waals surface area contributed by atoms with Crippen LogP contribution in [0.15, 0.2) is 0 Å². The van der Waals surface area contributed by atoms with E-state index in [1.165, 1.54) is 0 Å². The van der Waals surface area contributed by atoms with Gasteiger partial charge in [-0.05, 0) is 38.1 Å². The van der Waals surface area contributed by atoms with Gasteiger partial charge in [0.05, 0.1) is 6.04 Å². The SMILES string of the molecule is CC1CCN(C(=O)[C@@H](N)CCCCN)CC1. The molecule has 0 spiro atoms. The van der Waals surface area contributed by atoms with Crippen molar-refractivity contribution in [2.24, 2.45) is 17.4 Å². The van der Waals surface area contributed by atoms with Crippen molar-refractivity contribution in [3.8, 4) is 0 Å². The lowest BCUT2D eigenvalue weighted by Gasteiger charge is -2.32. The summed E-state index contributed by atoms with van der Waals surface area (Å²) in [5.41, 5.74) is 11.3. The second-order valence-electron chi connectivity index (χ2n) is 4.90. The van der Waals surface area contributed by atoms with Gasteiger partial charge in [-0.15, -0.1) is 0 Å². The van der Waals surface area contributed by atoms with E-state index in [9.17, 15) is 4.79 Å². The Hall–Kier alpha value is -0.610. The van der Waals surface area contributed by atoms with Gasteiger partial charge in [-0.3, -0.25) is 4.79 Å². The van der Waals surface area contributed by atoms with Crippen LogP contribution >= 0.6 is 0 Å². The normalized spacial score (nSPS) is 19.8. The summed E-state index contributed by atoms with van der Waals surface area (Å²) in [7, 11) is 0. The summed E-state index contributed by atoms with van der Waals surface area (Å²) in [6.07, 6.45) is 4.90. The summed E-state index contributed by atoms with van der Waals surface area (Å²) >= 11 is 0. The Morgan fingerprint density at radius 2 is 2.00 bits per heavy atom. The fourth-order valence-electron chi connectivity index (χ4n) is 2.10. The molecule has 4 N–H and O–H groups in total. The molecule has 0 radical (unpaired) electrons. The first-order chi connectivity index (χ1) is 7.65. The third-order valence-electron chi connectivity index (χ3n) is 3.38. The van der Waals surface area contributed by atoms with Gasteiger partial charge in [-0.1, -0.05) is 13.3 Å². The molecule has 1 atom stereocenters. The third-order valence-corrected chi connectivity index (χ3v) is 3.38. The van der Waals surface area contributed by atoms with Crippen molar-refractivity contribution >= 4 is 5.91 Å². The molecule has 16 heavy (non-hydrogen) atoms. The van der Waals surface area contributed by atoms with Crippen LogP contribution in [0.2, 0.25) is 0 Å². The molecule has 0 aromatic heterocycles. The van der Waals surface area contributed by atoms with E-state index >= 15 is 0 Å². The highest BCUT2D eigenvalue weighted by molar-refractivity contribution is 5.81. The Kier molecular flexibility index (Phi) is 5.77. The van der Waals surface area contributed by atoms with Crippen molar-refractivity contribution in [2.45, 2.75) is 45.1 Å². The number of carbonyl (C=O) groups excluding carboxylic acids is 1.